The van der Waals surface area contributed by atoms with E-state index in [0.717, 1.165) is 60.8 Å². The van der Waals surface area contributed by atoms with Gasteiger partial charge < -0.3 is 15.4 Å². The largest absolute Gasteiger partial charge is 0.457 e. The number of ether oxygens (including phenoxy) is 1. The molecule has 3 heterocycles. The molecule has 31 heavy (non-hydrogen) atoms. The first kappa shape index (κ1) is 19.6. The second-order valence-corrected chi connectivity index (χ2v) is 8.06. The molecule has 1 aliphatic heterocycles. The van der Waals surface area contributed by atoms with E-state index in [9.17, 15) is 0 Å². The number of aromatic nitrogens is 3. The maximum Gasteiger partial charge on any atom is 0.157 e. The van der Waals surface area contributed by atoms with Gasteiger partial charge in [-0.25, -0.2) is 4.98 Å². The van der Waals surface area contributed by atoms with Crippen LogP contribution in [0.5, 0.6) is 11.5 Å². The van der Waals surface area contributed by atoms with Crippen molar-refractivity contribution in [2.45, 2.75) is 19.3 Å². The highest BCUT2D eigenvalue weighted by atomic mass is 16.5. The molecule has 0 spiro atoms. The Bertz CT molecular complexity index is 1120. The molecule has 2 aromatic heterocycles. The maximum atomic E-state index is 5.89. The fourth-order valence-electron chi connectivity index (χ4n) is 4.11. The standard InChI is InChI=1S/C25H27N5O/c1-2-4-21(5-3-1)31-22-10-7-18(8-11-22)6-9-20-13-15-27-24-23(20)25(30-29-24)28-17-19-12-14-26-16-19/h1-5,7-8,10-11,13,15,19,26H,6,9,12,14,16-17H2,(H2,27,28,29,30)/t19-/m0/s1. The summed E-state index contributed by atoms with van der Waals surface area (Å²) in [5.41, 5.74) is 3.38. The molecule has 0 unspecified atom stereocenters. The quantitative estimate of drug-likeness (QED) is 0.395. The van der Waals surface area contributed by atoms with Gasteiger partial charge in [0.15, 0.2) is 11.5 Å². The molecule has 0 radical (unpaired) electrons. The van der Waals surface area contributed by atoms with Crippen molar-refractivity contribution in [3.8, 4) is 11.5 Å². The van der Waals surface area contributed by atoms with Crippen molar-refractivity contribution in [3.05, 3.63) is 78.0 Å². The zero-order valence-corrected chi connectivity index (χ0v) is 17.5. The number of aromatic amines is 1. The molecule has 3 N–H and O–H groups in total. The minimum Gasteiger partial charge on any atom is -0.457 e. The number of nitrogens with zero attached hydrogens (tertiary/aromatic N) is 2. The monoisotopic (exact) mass is 413 g/mol. The lowest BCUT2D eigenvalue weighted by Crippen LogP contribution is -2.17. The van der Waals surface area contributed by atoms with E-state index >= 15 is 0 Å². The molecule has 6 nitrogen and oxygen atoms in total. The number of para-hydroxylation sites is 1. The van der Waals surface area contributed by atoms with Gasteiger partial charge in [-0.3, -0.25) is 5.10 Å². The molecule has 0 saturated carbocycles. The molecule has 4 aromatic rings. The van der Waals surface area contributed by atoms with Gasteiger partial charge in [0, 0.05) is 12.7 Å². The first-order valence-corrected chi connectivity index (χ1v) is 10.9. The summed E-state index contributed by atoms with van der Waals surface area (Å²) >= 11 is 0. The number of hydrogen-bond acceptors (Lipinski definition) is 5. The Morgan fingerprint density at radius 3 is 2.61 bits per heavy atom. The fraction of sp³-hybridized carbons (Fsp3) is 0.280. The van der Waals surface area contributed by atoms with Crippen LogP contribution in [0.2, 0.25) is 0 Å². The van der Waals surface area contributed by atoms with E-state index in [1.165, 1.54) is 17.5 Å². The molecule has 0 aliphatic carbocycles. The van der Waals surface area contributed by atoms with Crippen molar-refractivity contribution in [3.63, 3.8) is 0 Å². The summed E-state index contributed by atoms with van der Waals surface area (Å²) in [5.74, 6) is 3.27. The molecular weight excluding hydrogens is 386 g/mol. The Kier molecular flexibility index (Phi) is 5.80. The molecule has 1 fully saturated rings. The van der Waals surface area contributed by atoms with Gasteiger partial charge in [0.05, 0.1) is 5.39 Å². The first-order valence-electron chi connectivity index (χ1n) is 10.9. The average molecular weight is 414 g/mol. The minimum atomic E-state index is 0.656. The number of benzene rings is 2. The second kappa shape index (κ2) is 9.18. The van der Waals surface area contributed by atoms with E-state index in [1.807, 2.05) is 48.7 Å². The Labute approximate surface area is 182 Å². The van der Waals surface area contributed by atoms with Gasteiger partial charge in [0.25, 0.3) is 0 Å². The van der Waals surface area contributed by atoms with Crippen molar-refractivity contribution in [1.82, 2.24) is 20.5 Å². The van der Waals surface area contributed by atoms with Crippen LogP contribution in [0.25, 0.3) is 11.0 Å². The summed E-state index contributed by atoms with van der Waals surface area (Å²) in [4.78, 5) is 4.46. The van der Waals surface area contributed by atoms with E-state index in [4.69, 9.17) is 4.74 Å². The molecule has 1 aliphatic rings. The highest BCUT2D eigenvalue weighted by Crippen LogP contribution is 2.26. The predicted octanol–water partition coefficient (Wildman–Crippen LogP) is 4.56. The normalized spacial score (nSPS) is 15.9. The van der Waals surface area contributed by atoms with Crippen molar-refractivity contribution in [2.75, 3.05) is 25.0 Å². The van der Waals surface area contributed by atoms with Crippen LogP contribution in [-0.4, -0.2) is 34.8 Å². The van der Waals surface area contributed by atoms with Crippen LogP contribution in [0, 0.1) is 5.92 Å². The second-order valence-electron chi connectivity index (χ2n) is 8.06. The molecule has 158 valence electrons. The topological polar surface area (TPSA) is 74.9 Å². The minimum absolute atomic E-state index is 0.656. The van der Waals surface area contributed by atoms with Gasteiger partial charge in [0.1, 0.15) is 11.5 Å². The summed E-state index contributed by atoms with van der Waals surface area (Å²) in [5, 5.41) is 15.6. The van der Waals surface area contributed by atoms with Gasteiger partial charge in [-0.15, -0.1) is 0 Å². The van der Waals surface area contributed by atoms with Crippen LogP contribution < -0.4 is 15.4 Å². The van der Waals surface area contributed by atoms with E-state index < -0.39 is 0 Å². The van der Waals surface area contributed by atoms with E-state index in [0.29, 0.717) is 5.92 Å². The average Bonchev–Trinajstić information content (AvgIpc) is 3.48. The lowest BCUT2D eigenvalue weighted by atomic mass is 10.0. The number of H-pyrrole nitrogens is 1. The van der Waals surface area contributed by atoms with Crippen LogP contribution in [0.1, 0.15) is 17.5 Å². The summed E-state index contributed by atoms with van der Waals surface area (Å²) in [6.45, 7) is 3.12. The lowest BCUT2D eigenvalue weighted by Gasteiger charge is -2.11. The molecule has 2 aromatic carbocycles. The van der Waals surface area contributed by atoms with Gasteiger partial charge in [0.2, 0.25) is 0 Å². The number of nitrogens with one attached hydrogen (secondary N) is 3. The predicted molar refractivity (Wildman–Crippen MR) is 124 cm³/mol. The lowest BCUT2D eigenvalue weighted by molar-refractivity contribution is 0.482. The zero-order valence-electron chi connectivity index (χ0n) is 17.5. The van der Waals surface area contributed by atoms with E-state index in [-0.39, 0.29) is 0 Å². The summed E-state index contributed by atoms with van der Waals surface area (Å²) in [7, 11) is 0. The van der Waals surface area contributed by atoms with Crippen molar-refractivity contribution < 1.29 is 4.74 Å². The van der Waals surface area contributed by atoms with Crippen LogP contribution >= 0.6 is 0 Å². The third kappa shape index (κ3) is 4.70. The number of rotatable bonds is 8. The maximum absolute atomic E-state index is 5.89. The molecule has 0 bridgehead atoms. The number of anilines is 1. The summed E-state index contributed by atoms with van der Waals surface area (Å²) < 4.78 is 5.89. The highest BCUT2D eigenvalue weighted by Gasteiger charge is 2.16. The Morgan fingerprint density at radius 2 is 1.81 bits per heavy atom. The Hall–Kier alpha value is -3.38. The van der Waals surface area contributed by atoms with Crippen LogP contribution in [-0.2, 0) is 12.8 Å². The SMILES string of the molecule is c1ccc(Oc2ccc(CCc3ccnc4[nH]nc(NC[C@H]5CCNC5)c34)cc2)cc1. The number of pyridine rings is 1. The zero-order chi connectivity index (χ0) is 20.9. The van der Waals surface area contributed by atoms with Crippen molar-refractivity contribution >= 4 is 16.9 Å². The van der Waals surface area contributed by atoms with Crippen molar-refractivity contribution in [2.24, 2.45) is 5.92 Å². The third-order valence-corrected chi connectivity index (χ3v) is 5.85. The third-order valence-electron chi connectivity index (χ3n) is 5.85. The first-order chi connectivity index (χ1) is 15.3. The molecule has 1 saturated heterocycles. The molecular formula is C25H27N5O. The van der Waals surface area contributed by atoms with Crippen LogP contribution in [0.3, 0.4) is 0 Å². The van der Waals surface area contributed by atoms with Crippen molar-refractivity contribution in [1.29, 1.82) is 0 Å². The van der Waals surface area contributed by atoms with Gasteiger partial charge in [-0.2, -0.15) is 5.10 Å². The molecule has 6 heteroatoms. The van der Waals surface area contributed by atoms with E-state index in [1.54, 1.807) is 0 Å². The van der Waals surface area contributed by atoms with Crippen LogP contribution in [0.15, 0.2) is 66.9 Å². The smallest absolute Gasteiger partial charge is 0.157 e. The van der Waals surface area contributed by atoms with Gasteiger partial charge in [-0.1, -0.05) is 30.3 Å². The summed E-state index contributed by atoms with van der Waals surface area (Å²) in [6.07, 6.45) is 4.95. The number of aryl methyl sites for hydroxylation is 2. The van der Waals surface area contributed by atoms with Gasteiger partial charge >= 0.3 is 0 Å². The number of hydrogen-bond donors (Lipinski definition) is 3. The fourth-order valence-corrected chi connectivity index (χ4v) is 4.11. The number of fused-ring (bicyclic) bond motifs is 1. The Morgan fingerprint density at radius 1 is 0.968 bits per heavy atom. The van der Waals surface area contributed by atoms with Crippen LogP contribution in [0.4, 0.5) is 5.82 Å². The Balaban J connectivity index is 1.25. The molecule has 5 rings (SSSR count). The van der Waals surface area contributed by atoms with Gasteiger partial charge in [-0.05, 0) is 79.7 Å². The highest BCUT2D eigenvalue weighted by molar-refractivity contribution is 5.90. The molecule has 1 atom stereocenters. The van der Waals surface area contributed by atoms with E-state index in [2.05, 4.69) is 44.0 Å². The summed E-state index contributed by atoms with van der Waals surface area (Å²) in [6, 6.07) is 20.3. The molecule has 0 amide bonds.